The van der Waals surface area contributed by atoms with E-state index in [1.165, 1.54) is 51.4 Å². The fourth-order valence-corrected chi connectivity index (χ4v) is 44.9. The third kappa shape index (κ3) is 7.86. The van der Waals surface area contributed by atoms with Crippen LogP contribution in [0.5, 0.6) is 0 Å². The predicted molar refractivity (Wildman–Crippen MR) is 383 cm³/mol. The molecular formula is C88H106Sb2. The van der Waals surface area contributed by atoms with Crippen molar-refractivity contribution >= 4 is 33.7 Å². The van der Waals surface area contributed by atoms with Gasteiger partial charge in [-0.25, -0.2) is 0 Å². The van der Waals surface area contributed by atoms with Crippen LogP contribution in [0.1, 0.15) is 363 Å². The number of allylic oxidation sites excluding steroid dienone is 4. The monoisotopic (exact) mass is 1400 g/mol. The van der Waals surface area contributed by atoms with Gasteiger partial charge in [-0.2, -0.15) is 0 Å². The fraction of sp³-hybridized carbons (Fsp3) is 0.545. The normalized spacial score (nSPS) is 29.3. The molecule has 6 aromatic carbocycles. The molecule has 0 fully saturated rings. The number of hydrogen-bond acceptors (Lipinski definition) is 0. The van der Waals surface area contributed by atoms with Gasteiger partial charge in [-0.3, -0.25) is 0 Å². The van der Waals surface area contributed by atoms with Crippen LogP contribution in [0.15, 0.2) is 97.1 Å². The third-order valence-corrected chi connectivity index (χ3v) is 47.2. The first-order valence-electron chi connectivity index (χ1n) is 35.5. The number of fused-ring (bicyclic) bond motifs is 6. The van der Waals surface area contributed by atoms with Gasteiger partial charge < -0.3 is 0 Å². The summed E-state index contributed by atoms with van der Waals surface area (Å²) in [6.45, 7) is 61.8. The standard InChI is InChI=1S/2C44H53.2Sb/c2*1-39(2)13-14-40(3,4)32-20-26-25(19-31(32)39)37-27-21-33-35(43(9,10)17-15-41(33,5)6)23-29(27)38(26)30-24-36-34(22-28(30)37)42(7,8)16-18-44(36,11)12;;/h2*13-14,19-24,37H,15-18H2,1-12H3;;. The van der Waals surface area contributed by atoms with Crippen molar-refractivity contribution in [1.82, 2.24) is 0 Å². The number of rotatable bonds is 2. The molecule has 0 saturated carbocycles. The van der Waals surface area contributed by atoms with E-state index in [-0.39, 0.29) is 83.5 Å². The molecule has 4 bridgehead atoms. The molecule has 12 aliphatic rings. The van der Waals surface area contributed by atoms with Gasteiger partial charge in [0.1, 0.15) is 0 Å². The summed E-state index contributed by atoms with van der Waals surface area (Å²) < 4.78 is -0.489. The molecule has 0 spiro atoms. The van der Waals surface area contributed by atoms with Gasteiger partial charge in [-0.15, -0.1) is 0 Å². The van der Waals surface area contributed by atoms with Crippen molar-refractivity contribution in [3.05, 3.63) is 231 Å². The van der Waals surface area contributed by atoms with Crippen LogP contribution in [0.4, 0.5) is 0 Å². The van der Waals surface area contributed by atoms with E-state index in [0.717, 1.165) is 0 Å². The molecule has 0 aromatic heterocycles. The van der Waals surface area contributed by atoms with E-state index in [2.05, 4.69) is 263 Å². The molecule has 0 saturated heterocycles. The van der Waals surface area contributed by atoms with Crippen molar-refractivity contribution in [2.45, 2.75) is 301 Å². The van der Waals surface area contributed by atoms with Gasteiger partial charge in [-0.05, 0) is 0 Å². The summed E-state index contributed by atoms with van der Waals surface area (Å²) in [5.41, 5.74) is 39.9. The Morgan fingerprint density at radius 3 is 0.533 bits per heavy atom. The zero-order valence-corrected chi connectivity index (χ0v) is 65.0. The molecule has 0 nitrogen and oxygen atoms in total. The number of benzene rings is 6. The third-order valence-electron chi connectivity index (χ3n) is 27.6. The molecular weight excluding hydrogens is 1300 g/mol. The Balaban J connectivity index is 1.13. The van der Waals surface area contributed by atoms with Crippen molar-refractivity contribution in [2.24, 2.45) is 0 Å². The van der Waals surface area contributed by atoms with Crippen LogP contribution in [0, 0.1) is 0 Å². The summed E-state index contributed by atoms with van der Waals surface area (Å²) >= 11 is -2.76. The molecule has 18 rings (SSSR count). The molecule has 468 valence electrons. The van der Waals surface area contributed by atoms with Crippen molar-refractivity contribution in [3.8, 4) is 0 Å². The van der Waals surface area contributed by atoms with Crippen LogP contribution >= 0.6 is 0 Å². The molecule has 12 aliphatic carbocycles. The molecule has 0 radical (unpaired) electrons. The Morgan fingerprint density at radius 1 is 0.200 bits per heavy atom. The summed E-state index contributed by atoms with van der Waals surface area (Å²) in [7, 11) is 0. The molecule has 90 heavy (non-hydrogen) atoms. The summed E-state index contributed by atoms with van der Waals surface area (Å²) in [6.07, 6.45) is 20.1. The Labute approximate surface area is 560 Å². The SMILES string of the molecule is CC1(C)C=CC(C)(C)c2cc3c(cc21)C1c2cc4c(cc2[C]3([Sb]=[Sb][C]23c5cc6c(cc5C(c5cc7c(cc52)C(C)(C)CCC7(C)C)c2cc5c(cc23)C(C)(C)CCC5(C)C)C(C)(C)C=CC6(C)C)c2cc3c(cc21)C(C)(C)CCC3(C)C)C(C)(C)CCC4(C)C. The second kappa shape index (κ2) is 17.9. The Morgan fingerprint density at radius 2 is 0.344 bits per heavy atom. The molecule has 0 atom stereocenters. The maximum atomic E-state index is 2.97. The summed E-state index contributed by atoms with van der Waals surface area (Å²) in [5.74, 6) is 0.367. The van der Waals surface area contributed by atoms with Gasteiger partial charge in [0.25, 0.3) is 0 Å². The van der Waals surface area contributed by atoms with Crippen molar-refractivity contribution in [1.29, 1.82) is 0 Å². The van der Waals surface area contributed by atoms with E-state index < -0.39 is 33.7 Å². The molecule has 0 N–H and O–H groups in total. The zero-order chi connectivity index (χ0) is 64.4. The van der Waals surface area contributed by atoms with Crippen LogP contribution in [0.2, 0.25) is 0 Å². The summed E-state index contributed by atoms with van der Waals surface area (Å²) in [6, 6.07) is 35.1. The van der Waals surface area contributed by atoms with Gasteiger partial charge in [0.2, 0.25) is 0 Å². The van der Waals surface area contributed by atoms with Gasteiger partial charge in [-0.1, -0.05) is 0 Å². The van der Waals surface area contributed by atoms with E-state index in [0.29, 0.717) is 0 Å². The Kier molecular flexibility index (Phi) is 12.2. The minimum atomic E-state index is -1.38. The quantitative estimate of drug-likeness (QED) is 0.120. The Bertz CT molecular complexity index is 3920. The van der Waals surface area contributed by atoms with Gasteiger partial charge >= 0.3 is 565 Å². The maximum absolute atomic E-state index is 2.97. The fourth-order valence-electron chi connectivity index (χ4n) is 20.7. The van der Waals surface area contributed by atoms with E-state index >= 15 is 0 Å². The average Bonchev–Trinajstić information content (AvgIpc) is 0.662. The van der Waals surface area contributed by atoms with Crippen LogP contribution in [-0.4, -0.2) is 33.7 Å². The van der Waals surface area contributed by atoms with Crippen LogP contribution in [-0.2, 0) is 71.7 Å². The first-order chi connectivity index (χ1) is 41.4. The van der Waals surface area contributed by atoms with E-state index in [1.54, 1.807) is 134 Å². The van der Waals surface area contributed by atoms with Gasteiger partial charge in [0.05, 0.1) is 0 Å². The van der Waals surface area contributed by atoms with E-state index in [9.17, 15) is 0 Å². The van der Waals surface area contributed by atoms with Crippen LogP contribution in [0.25, 0.3) is 0 Å². The second-order valence-corrected chi connectivity index (χ2v) is 51.7. The van der Waals surface area contributed by atoms with Crippen molar-refractivity contribution in [2.75, 3.05) is 0 Å². The second-order valence-electron chi connectivity index (χ2n) is 39.0. The van der Waals surface area contributed by atoms with Crippen molar-refractivity contribution in [3.63, 3.8) is 0 Å². The summed E-state index contributed by atoms with van der Waals surface area (Å²) in [5, 5.41) is 0. The zero-order valence-electron chi connectivity index (χ0n) is 59.9. The molecule has 0 aliphatic heterocycles. The van der Waals surface area contributed by atoms with Crippen molar-refractivity contribution < 1.29 is 0 Å². The molecule has 0 heterocycles. The number of hydrogen-bond donors (Lipinski definition) is 0. The molecule has 0 amide bonds. The minimum absolute atomic E-state index is 0.0732. The van der Waals surface area contributed by atoms with E-state index in [1.807, 2.05) is 0 Å². The predicted octanol–water partition coefficient (Wildman–Crippen LogP) is 21.6. The van der Waals surface area contributed by atoms with Crippen LogP contribution in [0.3, 0.4) is 0 Å². The van der Waals surface area contributed by atoms with Gasteiger partial charge in [0, 0.05) is 0 Å². The van der Waals surface area contributed by atoms with E-state index in [4.69, 9.17) is 0 Å². The first-order valence-corrected chi connectivity index (χ1v) is 46.8. The Hall–Kier alpha value is -3.56. The summed E-state index contributed by atoms with van der Waals surface area (Å²) in [4.78, 5) is 0. The first kappa shape index (κ1) is 61.3. The molecule has 6 aromatic rings. The molecule has 0 unspecified atom stereocenters. The van der Waals surface area contributed by atoms with Crippen LogP contribution < -0.4 is 0 Å². The molecule has 2 heteroatoms. The van der Waals surface area contributed by atoms with Gasteiger partial charge in [0.15, 0.2) is 0 Å². The topological polar surface area (TPSA) is 0 Å². The average molecular weight is 1410 g/mol.